The molecule has 4 nitrogen and oxygen atoms in total. The average molecular weight is 326 g/mol. The number of nitrogens with one attached hydrogen (secondary N) is 2. The Morgan fingerprint density at radius 3 is 2.48 bits per heavy atom. The lowest BCUT2D eigenvalue weighted by atomic mass is 10.2. The van der Waals surface area contributed by atoms with Gasteiger partial charge in [0, 0.05) is 12.6 Å². The van der Waals surface area contributed by atoms with E-state index in [1.807, 2.05) is 4.72 Å². The lowest BCUT2D eigenvalue weighted by Gasteiger charge is -2.12. The molecule has 9 heteroatoms. The Morgan fingerprint density at radius 2 is 1.90 bits per heavy atom. The Kier molecular flexibility index (Phi) is 4.43. The molecule has 0 bridgehead atoms. The van der Waals surface area contributed by atoms with Gasteiger partial charge in [-0.3, -0.25) is 4.72 Å². The van der Waals surface area contributed by atoms with Gasteiger partial charge >= 0.3 is 6.18 Å². The van der Waals surface area contributed by atoms with Gasteiger partial charge in [0.25, 0.3) is 0 Å². The monoisotopic (exact) mass is 326 g/mol. The van der Waals surface area contributed by atoms with Gasteiger partial charge in [0.1, 0.15) is 5.82 Å². The minimum Gasteiger partial charge on any atom is -0.313 e. The molecule has 118 valence electrons. The molecular formula is C12H14F4N2O2S. The lowest BCUT2D eigenvalue weighted by molar-refractivity contribution is -0.137. The maximum atomic E-state index is 13.4. The number of hydrogen-bond acceptors (Lipinski definition) is 3. The van der Waals surface area contributed by atoms with Crippen LogP contribution in [0.4, 0.5) is 23.2 Å². The van der Waals surface area contributed by atoms with Crippen LogP contribution in [0.25, 0.3) is 0 Å². The van der Waals surface area contributed by atoms with Gasteiger partial charge in [-0.05, 0) is 31.0 Å². The first-order valence-electron chi connectivity index (χ1n) is 6.28. The fraction of sp³-hybridized carbons (Fsp3) is 0.500. The summed E-state index contributed by atoms with van der Waals surface area (Å²) >= 11 is 0. The Hall–Kier alpha value is -1.35. The molecule has 1 aromatic rings. The maximum absolute atomic E-state index is 13.4. The molecule has 1 aliphatic rings. The Labute approximate surface area is 119 Å². The number of halogens is 4. The highest BCUT2D eigenvalue weighted by Gasteiger charge is 2.31. The summed E-state index contributed by atoms with van der Waals surface area (Å²) in [6, 6.07) is 1.90. The maximum Gasteiger partial charge on any atom is 0.416 e. The second-order valence-electron chi connectivity index (χ2n) is 4.84. The van der Waals surface area contributed by atoms with Crippen LogP contribution in [0.15, 0.2) is 18.2 Å². The number of rotatable bonds is 6. The molecule has 0 aliphatic heterocycles. The summed E-state index contributed by atoms with van der Waals surface area (Å²) in [5.74, 6) is -1.39. The minimum absolute atomic E-state index is 0.167. The smallest absolute Gasteiger partial charge is 0.313 e. The average Bonchev–Trinajstić information content (AvgIpc) is 3.14. The van der Waals surface area contributed by atoms with E-state index in [2.05, 4.69) is 5.32 Å². The van der Waals surface area contributed by atoms with E-state index in [9.17, 15) is 26.0 Å². The molecular weight excluding hydrogens is 312 g/mol. The van der Waals surface area contributed by atoms with Crippen LogP contribution in [-0.2, 0) is 16.2 Å². The van der Waals surface area contributed by atoms with E-state index in [0.717, 1.165) is 12.8 Å². The molecule has 1 aliphatic carbocycles. The Morgan fingerprint density at radius 1 is 1.24 bits per heavy atom. The molecule has 21 heavy (non-hydrogen) atoms. The molecule has 1 fully saturated rings. The zero-order valence-corrected chi connectivity index (χ0v) is 11.7. The van der Waals surface area contributed by atoms with Crippen molar-refractivity contribution in [3.63, 3.8) is 0 Å². The summed E-state index contributed by atoms with van der Waals surface area (Å²) in [6.45, 7) is 0.167. The number of sulfonamides is 1. The van der Waals surface area contributed by atoms with E-state index < -0.39 is 33.3 Å². The van der Waals surface area contributed by atoms with Crippen LogP contribution in [0.2, 0.25) is 0 Å². The third kappa shape index (κ3) is 4.85. The number of anilines is 1. The van der Waals surface area contributed by atoms with Gasteiger partial charge in [0.15, 0.2) is 0 Å². The molecule has 1 saturated carbocycles. The third-order valence-corrected chi connectivity index (χ3v) is 4.21. The number of benzene rings is 1. The van der Waals surface area contributed by atoms with Crippen molar-refractivity contribution in [3.05, 3.63) is 29.6 Å². The highest BCUT2D eigenvalue weighted by molar-refractivity contribution is 7.92. The number of alkyl halides is 3. The van der Waals surface area contributed by atoms with Crippen LogP contribution in [0, 0.1) is 5.82 Å². The first-order chi connectivity index (χ1) is 9.67. The first-order valence-corrected chi connectivity index (χ1v) is 7.93. The van der Waals surface area contributed by atoms with Crippen molar-refractivity contribution in [2.24, 2.45) is 0 Å². The van der Waals surface area contributed by atoms with Gasteiger partial charge in [0.2, 0.25) is 10.0 Å². The molecule has 0 aromatic heterocycles. The van der Waals surface area contributed by atoms with Crippen LogP contribution < -0.4 is 10.0 Å². The van der Waals surface area contributed by atoms with Crippen molar-refractivity contribution >= 4 is 15.7 Å². The van der Waals surface area contributed by atoms with Crippen molar-refractivity contribution in [3.8, 4) is 0 Å². The largest absolute Gasteiger partial charge is 0.416 e. The van der Waals surface area contributed by atoms with E-state index in [0.29, 0.717) is 24.2 Å². The van der Waals surface area contributed by atoms with Gasteiger partial charge in [-0.25, -0.2) is 12.8 Å². The molecule has 0 heterocycles. The third-order valence-electron chi connectivity index (χ3n) is 2.94. The number of hydrogen-bond donors (Lipinski definition) is 2. The van der Waals surface area contributed by atoms with E-state index in [1.165, 1.54) is 0 Å². The van der Waals surface area contributed by atoms with Crippen molar-refractivity contribution in [1.29, 1.82) is 0 Å². The van der Waals surface area contributed by atoms with Crippen molar-refractivity contribution in [2.75, 3.05) is 17.0 Å². The van der Waals surface area contributed by atoms with Crippen molar-refractivity contribution < 1.29 is 26.0 Å². The van der Waals surface area contributed by atoms with Crippen molar-refractivity contribution in [2.45, 2.75) is 25.1 Å². The summed E-state index contributed by atoms with van der Waals surface area (Å²) in [5, 5.41) is 2.96. The summed E-state index contributed by atoms with van der Waals surface area (Å²) in [4.78, 5) is 0. The van der Waals surface area contributed by atoms with Crippen LogP contribution >= 0.6 is 0 Å². The van der Waals surface area contributed by atoms with E-state index in [-0.39, 0.29) is 12.3 Å². The van der Waals surface area contributed by atoms with Crippen LogP contribution in [0.1, 0.15) is 18.4 Å². The van der Waals surface area contributed by atoms with E-state index in [1.54, 1.807) is 0 Å². The normalized spacial score (nSPS) is 16.0. The molecule has 2 rings (SSSR count). The molecule has 2 N–H and O–H groups in total. The second kappa shape index (κ2) is 5.80. The molecule has 0 amide bonds. The molecule has 0 unspecified atom stereocenters. The first kappa shape index (κ1) is 16.0. The van der Waals surface area contributed by atoms with Crippen molar-refractivity contribution in [1.82, 2.24) is 5.32 Å². The molecule has 1 aromatic carbocycles. The fourth-order valence-corrected chi connectivity index (χ4v) is 2.66. The molecule has 0 radical (unpaired) electrons. The van der Waals surface area contributed by atoms with E-state index in [4.69, 9.17) is 0 Å². The zero-order chi connectivity index (χ0) is 15.7. The zero-order valence-electron chi connectivity index (χ0n) is 10.9. The van der Waals surface area contributed by atoms with Gasteiger partial charge in [-0.2, -0.15) is 13.2 Å². The summed E-state index contributed by atoms with van der Waals surface area (Å²) in [5.41, 5.74) is -1.81. The molecule has 0 spiro atoms. The van der Waals surface area contributed by atoms with Crippen LogP contribution in [-0.4, -0.2) is 26.8 Å². The minimum atomic E-state index is -4.67. The highest BCUT2D eigenvalue weighted by Crippen LogP contribution is 2.32. The SMILES string of the molecule is O=S(=O)(CCNC1CC1)Nc1cc(C(F)(F)F)ccc1F. The predicted molar refractivity (Wildman–Crippen MR) is 69.8 cm³/mol. The summed E-state index contributed by atoms with van der Waals surface area (Å²) in [6.07, 6.45) is -2.70. The Balaban J connectivity index is 2.06. The van der Waals surface area contributed by atoms with Gasteiger partial charge < -0.3 is 5.32 Å². The topological polar surface area (TPSA) is 58.2 Å². The second-order valence-corrected chi connectivity index (χ2v) is 6.68. The summed E-state index contributed by atoms with van der Waals surface area (Å²) in [7, 11) is -3.91. The predicted octanol–water partition coefficient (Wildman–Crippen LogP) is 2.34. The van der Waals surface area contributed by atoms with Gasteiger partial charge in [-0.15, -0.1) is 0 Å². The van der Waals surface area contributed by atoms with Crippen LogP contribution in [0.5, 0.6) is 0 Å². The quantitative estimate of drug-likeness (QED) is 0.789. The molecule has 0 atom stereocenters. The van der Waals surface area contributed by atoms with E-state index >= 15 is 0 Å². The standard InChI is InChI=1S/C12H14F4N2O2S/c13-10-4-1-8(12(14,15)16)7-11(10)18-21(19,20)6-5-17-9-2-3-9/h1,4,7,9,17-18H,2-3,5-6H2. The van der Waals surface area contributed by atoms with Gasteiger partial charge in [-0.1, -0.05) is 0 Å². The lowest BCUT2D eigenvalue weighted by Crippen LogP contribution is -2.28. The highest BCUT2D eigenvalue weighted by atomic mass is 32.2. The van der Waals surface area contributed by atoms with Gasteiger partial charge in [0.05, 0.1) is 17.0 Å². The fourth-order valence-electron chi connectivity index (χ4n) is 1.68. The molecule has 0 saturated heterocycles. The van der Waals surface area contributed by atoms with Crippen LogP contribution in [0.3, 0.4) is 0 Å². The Bertz CT molecular complexity index is 612. The summed E-state index contributed by atoms with van der Waals surface area (Å²) < 4.78 is 76.3.